The second-order valence-electron chi connectivity index (χ2n) is 5.56. The molecule has 0 saturated carbocycles. The maximum absolute atomic E-state index is 11.9. The van der Waals surface area contributed by atoms with Gasteiger partial charge in [-0.05, 0) is 33.6 Å². The average Bonchev–Trinajstić information content (AvgIpc) is 2.49. The van der Waals surface area contributed by atoms with Gasteiger partial charge in [-0.15, -0.1) is 0 Å². The maximum atomic E-state index is 11.9. The number of hydrogen-bond donors (Lipinski definition) is 0. The Labute approximate surface area is 127 Å². The largest absolute Gasteiger partial charge is 0.355 e. The Kier molecular flexibility index (Phi) is 4.83. The molecule has 1 aliphatic rings. The van der Waals surface area contributed by atoms with Gasteiger partial charge in [-0.1, -0.05) is 0 Å². The molecule has 0 spiro atoms. The fourth-order valence-electron chi connectivity index (χ4n) is 2.70. The summed E-state index contributed by atoms with van der Waals surface area (Å²) in [5.74, 6) is 1.08. The van der Waals surface area contributed by atoms with Crippen LogP contribution in [-0.2, 0) is 10.0 Å². The van der Waals surface area contributed by atoms with Gasteiger partial charge in [0.05, 0.1) is 17.1 Å². The summed E-state index contributed by atoms with van der Waals surface area (Å²) in [5.41, 5.74) is 1.83. The smallest absolute Gasteiger partial charge is 0.213 e. The molecular formula is C14H24N4O2S. The predicted molar refractivity (Wildman–Crippen MR) is 84.0 cm³/mol. The van der Waals surface area contributed by atoms with E-state index in [2.05, 4.69) is 14.9 Å². The van der Waals surface area contributed by atoms with Crippen LogP contribution in [0.5, 0.6) is 0 Å². The monoisotopic (exact) mass is 312 g/mol. The first-order valence-corrected chi connectivity index (χ1v) is 8.97. The summed E-state index contributed by atoms with van der Waals surface area (Å²) in [4.78, 5) is 11.1. The molecule has 6 nitrogen and oxygen atoms in total. The minimum Gasteiger partial charge on any atom is -0.355 e. The van der Waals surface area contributed by atoms with Crippen molar-refractivity contribution in [2.75, 3.05) is 30.8 Å². The summed E-state index contributed by atoms with van der Waals surface area (Å²) in [6, 6.07) is 0.0873. The molecule has 1 fully saturated rings. The van der Waals surface area contributed by atoms with Crippen LogP contribution in [0.2, 0.25) is 0 Å². The van der Waals surface area contributed by atoms with E-state index < -0.39 is 10.0 Å². The van der Waals surface area contributed by atoms with Gasteiger partial charge in [-0.3, -0.25) is 4.98 Å². The summed E-state index contributed by atoms with van der Waals surface area (Å²) in [5, 5.41) is 0. The molecule has 1 aromatic heterocycles. The van der Waals surface area contributed by atoms with E-state index in [9.17, 15) is 8.42 Å². The molecule has 0 aliphatic carbocycles. The lowest BCUT2D eigenvalue weighted by Gasteiger charge is -2.37. The fourth-order valence-corrected chi connectivity index (χ4v) is 3.77. The third kappa shape index (κ3) is 3.52. The first-order valence-electron chi connectivity index (χ1n) is 7.36. The van der Waals surface area contributed by atoms with Crippen LogP contribution in [0.15, 0.2) is 6.20 Å². The van der Waals surface area contributed by atoms with E-state index in [0.717, 1.165) is 43.1 Å². The predicted octanol–water partition coefficient (Wildman–Crippen LogP) is 1.34. The van der Waals surface area contributed by atoms with E-state index in [4.69, 9.17) is 0 Å². The van der Waals surface area contributed by atoms with Crippen LogP contribution in [0.1, 0.15) is 31.2 Å². The maximum Gasteiger partial charge on any atom is 0.213 e. The number of nitrogens with zero attached hydrogens (tertiary/aromatic N) is 4. The van der Waals surface area contributed by atoms with Crippen LogP contribution in [0.25, 0.3) is 0 Å². The van der Waals surface area contributed by atoms with E-state index in [-0.39, 0.29) is 11.8 Å². The molecule has 0 aromatic carbocycles. The van der Waals surface area contributed by atoms with Gasteiger partial charge in [-0.25, -0.2) is 17.7 Å². The van der Waals surface area contributed by atoms with Gasteiger partial charge in [0.2, 0.25) is 10.0 Å². The van der Waals surface area contributed by atoms with Crippen molar-refractivity contribution in [3.8, 4) is 0 Å². The van der Waals surface area contributed by atoms with Crippen LogP contribution < -0.4 is 4.90 Å². The van der Waals surface area contributed by atoms with E-state index in [1.165, 1.54) is 0 Å². The molecule has 0 atom stereocenters. The summed E-state index contributed by atoms with van der Waals surface area (Å²) >= 11 is 0. The van der Waals surface area contributed by atoms with Crippen molar-refractivity contribution in [1.82, 2.24) is 14.3 Å². The topological polar surface area (TPSA) is 66.4 Å². The third-order valence-electron chi connectivity index (χ3n) is 4.13. The van der Waals surface area contributed by atoms with E-state index in [1.54, 1.807) is 24.5 Å². The zero-order chi connectivity index (χ0) is 15.6. The highest BCUT2D eigenvalue weighted by Crippen LogP contribution is 2.23. The third-order valence-corrected chi connectivity index (χ3v) is 6.04. The molecule has 1 saturated heterocycles. The number of rotatable bonds is 4. The van der Waals surface area contributed by atoms with Crippen LogP contribution in [0.4, 0.5) is 5.82 Å². The van der Waals surface area contributed by atoms with Crippen molar-refractivity contribution in [3.05, 3.63) is 17.6 Å². The summed E-state index contributed by atoms with van der Waals surface area (Å²) in [7, 11) is -1.42. The first kappa shape index (κ1) is 16.2. The van der Waals surface area contributed by atoms with Crippen molar-refractivity contribution < 1.29 is 8.42 Å². The summed E-state index contributed by atoms with van der Waals surface area (Å²) < 4.78 is 25.4. The van der Waals surface area contributed by atoms with Crippen molar-refractivity contribution in [2.45, 2.75) is 39.7 Å². The molecule has 0 N–H and O–H groups in total. The Morgan fingerprint density at radius 2 is 1.95 bits per heavy atom. The van der Waals surface area contributed by atoms with Crippen LogP contribution in [0.3, 0.4) is 0 Å². The minimum atomic E-state index is -3.11. The molecule has 0 amide bonds. The normalized spacial score (nSPS) is 17.5. The van der Waals surface area contributed by atoms with Crippen molar-refractivity contribution in [3.63, 3.8) is 0 Å². The lowest BCUT2D eigenvalue weighted by Crippen LogP contribution is -2.46. The van der Waals surface area contributed by atoms with Gasteiger partial charge < -0.3 is 4.90 Å². The average molecular weight is 312 g/mol. The molecule has 2 heterocycles. The van der Waals surface area contributed by atoms with Crippen LogP contribution in [-0.4, -0.2) is 54.6 Å². The zero-order valence-electron chi connectivity index (χ0n) is 13.2. The Morgan fingerprint density at radius 3 is 2.52 bits per heavy atom. The van der Waals surface area contributed by atoms with Crippen molar-refractivity contribution in [2.24, 2.45) is 0 Å². The molecule has 118 valence electrons. The number of hydrogen-bond acceptors (Lipinski definition) is 5. The quantitative estimate of drug-likeness (QED) is 0.839. The molecule has 0 unspecified atom stereocenters. The van der Waals surface area contributed by atoms with Crippen molar-refractivity contribution in [1.29, 1.82) is 0 Å². The van der Waals surface area contributed by atoms with E-state index in [0.29, 0.717) is 0 Å². The highest BCUT2D eigenvalue weighted by atomic mass is 32.2. The number of sulfonamides is 1. The summed E-state index contributed by atoms with van der Waals surface area (Å²) in [6.45, 7) is 7.21. The van der Waals surface area contributed by atoms with E-state index >= 15 is 0 Å². The van der Waals surface area contributed by atoms with Gasteiger partial charge in [-0.2, -0.15) is 0 Å². The second kappa shape index (κ2) is 6.27. The van der Waals surface area contributed by atoms with Gasteiger partial charge >= 0.3 is 0 Å². The Bertz CT molecular complexity index is 595. The molecule has 2 rings (SSSR count). The SMILES string of the molecule is CCS(=O)(=O)N(C)C1CCN(c2nc(C)cnc2C)CC1. The highest BCUT2D eigenvalue weighted by Gasteiger charge is 2.29. The summed E-state index contributed by atoms with van der Waals surface area (Å²) in [6.07, 6.45) is 3.42. The van der Waals surface area contributed by atoms with E-state index in [1.807, 2.05) is 13.8 Å². The lowest BCUT2D eigenvalue weighted by molar-refractivity contribution is 0.311. The van der Waals surface area contributed by atoms with Gasteiger partial charge in [0, 0.05) is 32.4 Å². The fraction of sp³-hybridized carbons (Fsp3) is 0.714. The first-order chi connectivity index (χ1) is 9.85. The Morgan fingerprint density at radius 1 is 1.33 bits per heavy atom. The molecular weight excluding hydrogens is 288 g/mol. The minimum absolute atomic E-state index is 0.0873. The number of anilines is 1. The Balaban J connectivity index is 2.05. The van der Waals surface area contributed by atoms with Crippen LogP contribution in [0, 0.1) is 13.8 Å². The number of aryl methyl sites for hydroxylation is 2. The molecule has 21 heavy (non-hydrogen) atoms. The standard InChI is InChI=1S/C14H24N4O2S/c1-5-21(19,20)17(4)13-6-8-18(9-7-13)14-12(3)15-10-11(2)16-14/h10,13H,5-9H2,1-4H3. The molecule has 1 aromatic rings. The second-order valence-corrected chi connectivity index (χ2v) is 7.87. The molecule has 0 bridgehead atoms. The zero-order valence-corrected chi connectivity index (χ0v) is 14.0. The molecule has 0 radical (unpaired) electrons. The molecule has 1 aliphatic heterocycles. The van der Waals surface area contributed by atoms with Crippen LogP contribution >= 0.6 is 0 Å². The van der Waals surface area contributed by atoms with Gasteiger partial charge in [0.25, 0.3) is 0 Å². The van der Waals surface area contributed by atoms with Crippen molar-refractivity contribution >= 4 is 15.8 Å². The number of aromatic nitrogens is 2. The molecule has 7 heteroatoms. The number of piperidine rings is 1. The highest BCUT2D eigenvalue weighted by molar-refractivity contribution is 7.89. The lowest BCUT2D eigenvalue weighted by atomic mass is 10.1. The van der Waals surface area contributed by atoms with Gasteiger partial charge in [0.15, 0.2) is 0 Å². The van der Waals surface area contributed by atoms with Gasteiger partial charge in [0.1, 0.15) is 5.82 Å². The Hall–Kier alpha value is -1.21.